The van der Waals surface area contributed by atoms with E-state index in [0.29, 0.717) is 42.7 Å². The second-order valence-corrected chi connectivity index (χ2v) is 11.2. The maximum atomic E-state index is 12.6. The van der Waals surface area contributed by atoms with E-state index < -0.39 is 0 Å². The molecule has 0 unspecified atom stereocenters. The molecule has 10 nitrogen and oxygen atoms in total. The molecule has 1 aromatic heterocycles. The summed E-state index contributed by atoms with van der Waals surface area (Å²) in [4.78, 5) is 37.6. The van der Waals surface area contributed by atoms with Gasteiger partial charge in [-0.05, 0) is 48.7 Å². The van der Waals surface area contributed by atoms with Gasteiger partial charge in [0.15, 0.2) is 0 Å². The molecule has 4 rings (SSSR count). The molecule has 3 N–H and O–H groups in total. The molecule has 3 aromatic rings. The molecule has 0 bridgehead atoms. The zero-order chi connectivity index (χ0) is 29.6. The van der Waals surface area contributed by atoms with Gasteiger partial charge in [-0.15, -0.1) is 0 Å². The van der Waals surface area contributed by atoms with E-state index in [2.05, 4.69) is 58.2 Å². The van der Waals surface area contributed by atoms with Gasteiger partial charge in [0, 0.05) is 67.5 Å². The Labute approximate surface area is 241 Å². The number of amides is 2. The normalized spacial score (nSPS) is 13.4. The van der Waals surface area contributed by atoms with E-state index in [9.17, 15) is 9.59 Å². The van der Waals surface area contributed by atoms with Crippen LogP contribution < -0.4 is 25.6 Å². The van der Waals surface area contributed by atoms with Gasteiger partial charge >= 0.3 is 0 Å². The van der Waals surface area contributed by atoms with E-state index in [0.717, 1.165) is 35.7 Å². The van der Waals surface area contributed by atoms with Crippen molar-refractivity contribution in [1.82, 2.24) is 14.9 Å². The quantitative estimate of drug-likeness (QED) is 0.296. The van der Waals surface area contributed by atoms with Gasteiger partial charge in [0.25, 0.3) is 0 Å². The summed E-state index contributed by atoms with van der Waals surface area (Å²) in [6, 6.07) is 13.3. The number of piperazine rings is 1. The fourth-order valence-electron chi connectivity index (χ4n) is 4.51. The summed E-state index contributed by atoms with van der Waals surface area (Å²) in [6.45, 7) is 14.6. The lowest BCUT2D eigenvalue weighted by Gasteiger charge is -2.37. The Morgan fingerprint density at radius 1 is 1.05 bits per heavy atom. The number of ether oxygens (including phenoxy) is 1. The fraction of sp³-hybridized carbons (Fsp3) is 0.355. The number of methoxy groups -OCH3 is 1. The van der Waals surface area contributed by atoms with E-state index >= 15 is 0 Å². The van der Waals surface area contributed by atoms with Crippen LogP contribution in [0.4, 0.5) is 34.5 Å². The Bertz CT molecular complexity index is 1410. The highest BCUT2D eigenvalue weighted by molar-refractivity contribution is 5.99. The van der Waals surface area contributed by atoms with Crippen molar-refractivity contribution in [2.45, 2.75) is 34.1 Å². The van der Waals surface area contributed by atoms with Crippen LogP contribution in [0.5, 0.6) is 5.75 Å². The number of nitrogens with zero attached hydrogens (tertiary/aromatic N) is 4. The minimum atomic E-state index is -0.278. The van der Waals surface area contributed by atoms with Gasteiger partial charge in [0.2, 0.25) is 17.8 Å². The highest BCUT2D eigenvalue weighted by Gasteiger charge is 2.25. The van der Waals surface area contributed by atoms with Gasteiger partial charge in [0.05, 0.1) is 12.8 Å². The van der Waals surface area contributed by atoms with Gasteiger partial charge in [-0.1, -0.05) is 33.4 Å². The number of nitrogens with one attached hydrogen (secondary N) is 3. The van der Waals surface area contributed by atoms with Crippen LogP contribution in [0.15, 0.2) is 61.3 Å². The van der Waals surface area contributed by atoms with Crippen molar-refractivity contribution in [2.24, 2.45) is 5.41 Å². The van der Waals surface area contributed by atoms with Crippen molar-refractivity contribution >= 4 is 46.3 Å². The van der Waals surface area contributed by atoms with Crippen LogP contribution in [0, 0.1) is 12.3 Å². The molecule has 2 heterocycles. The molecule has 2 amide bonds. The van der Waals surface area contributed by atoms with Crippen LogP contribution >= 0.6 is 0 Å². The summed E-state index contributed by atoms with van der Waals surface area (Å²) in [5.74, 6) is 1.64. The first-order chi connectivity index (χ1) is 19.5. The van der Waals surface area contributed by atoms with Crippen LogP contribution in [0.2, 0.25) is 0 Å². The maximum absolute atomic E-state index is 12.6. The second kappa shape index (κ2) is 12.7. The van der Waals surface area contributed by atoms with Crippen molar-refractivity contribution in [1.29, 1.82) is 0 Å². The molecular weight excluding hydrogens is 518 g/mol. The van der Waals surface area contributed by atoms with E-state index in [1.807, 2.05) is 48.2 Å². The third-order valence-electron chi connectivity index (χ3n) is 6.66. The number of aryl methyl sites for hydroxylation is 1. The third kappa shape index (κ3) is 7.97. The second-order valence-electron chi connectivity index (χ2n) is 11.2. The summed E-state index contributed by atoms with van der Waals surface area (Å²) < 4.78 is 5.70. The van der Waals surface area contributed by atoms with Crippen molar-refractivity contribution in [3.63, 3.8) is 0 Å². The minimum Gasteiger partial charge on any atom is -0.494 e. The predicted molar refractivity (Wildman–Crippen MR) is 164 cm³/mol. The monoisotopic (exact) mass is 557 g/mol. The average Bonchev–Trinajstić information content (AvgIpc) is 2.94. The van der Waals surface area contributed by atoms with Crippen LogP contribution in [0.25, 0.3) is 0 Å². The topological polar surface area (TPSA) is 112 Å². The Morgan fingerprint density at radius 2 is 1.78 bits per heavy atom. The molecule has 216 valence electrons. The molecule has 1 fully saturated rings. The van der Waals surface area contributed by atoms with Crippen molar-refractivity contribution in [3.05, 3.63) is 66.9 Å². The lowest BCUT2D eigenvalue weighted by Crippen LogP contribution is -2.49. The van der Waals surface area contributed by atoms with Crippen LogP contribution in [-0.2, 0) is 9.59 Å². The summed E-state index contributed by atoms with van der Waals surface area (Å²) in [6.07, 6.45) is 3.52. The van der Waals surface area contributed by atoms with Gasteiger partial charge in [-0.25, -0.2) is 4.98 Å². The number of rotatable bonds is 9. The van der Waals surface area contributed by atoms with E-state index in [4.69, 9.17) is 4.74 Å². The molecular formula is C31H39N7O3. The van der Waals surface area contributed by atoms with Gasteiger partial charge in [-0.2, -0.15) is 4.98 Å². The Kier molecular flexibility index (Phi) is 9.11. The fourth-order valence-corrected chi connectivity index (χ4v) is 4.51. The van der Waals surface area contributed by atoms with E-state index in [-0.39, 0.29) is 17.2 Å². The Hall–Kier alpha value is -4.60. The maximum Gasteiger partial charge on any atom is 0.247 e. The van der Waals surface area contributed by atoms with Crippen LogP contribution in [0.3, 0.4) is 0 Å². The molecule has 1 aliphatic heterocycles. The summed E-state index contributed by atoms with van der Waals surface area (Å²) in [5.41, 5.74) is 4.02. The van der Waals surface area contributed by atoms with E-state index in [1.54, 1.807) is 19.4 Å². The molecule has 0 aliphatic carbocycles. The number of hydrogen-bond acceptors (Lipinski definition) is 8. The van der Waals surface area contributed by atoms with Crippen molar-refractivity contribution < 1.29 is 14.3 Å². The predicted octanol–water partition coefficient (Wildman–Crippen LogP) is 5.49. The highest BCUT2D eigenvalue weighted by Crippen LogP contribution is 2.33. The highest BCUT2D eigenvalue weighted by atomic mass is 16.5. The molecule has 1 aliphatic rings. The number of carbonyl (C=O) groups is 2. The molecule has 10 heteroatoms. The average molecular weight is 558 g/mol. The molecule has 0 saturated carbocycles. The number of hydrogen-bond donors (Lipinski definition) is 3. The number of aromatic nitrogens is 2. The summed E-state index contributed by atoms with van der Waals surface area (Å²) >= 11 is 0. The first kappa shape index (κ1) is 29.4. The van der Waals surface area contributed by atoms with Crippen LogP contribution in [0.1, 0.15) is 32.8 Å². The van der Waals surface area contributed by atoms with Crippen LogP contribution in [-0.4, -0.2) is 60.0 Å². The lowest BCUT2D eigenvalue weighted by molar-refractivity contribution is -0.133. The largest absolute Gasteiger partial charge is 0.494 e. The first-order valence-electron chi connectivity index (χ1n) is 13.7. The summed E-state index contributed by atoms with van der Waals surface area (Å²) in [5, 5.41) is 9.32. The number of carbonyl (C=O) groups excluding carboxylic acids is 2. The Balaban J connectivity index is 1.43. The molecule has 0 spiro atoms. The molecule has 41 heavy (non-hydrogen) atoms. The molecule has 1 saturated heterocycles. The van der Waals surface area contributed by atoms with Crippen molar-refractivity contribution in [2.75, 3.05) is 54.1 Å². The SMILES string of the molecule is C=CC(=O)Nc1cccc(Nc2nc(Nc3ccc(N4CCN(C(=O)CC(C)(C)C)CC4)cc3OC)ncc2C)c1. The number of benzene rings is 2. The minimum absolute atomic E-state index is 0.0160. The van der Waals surface area contributed by atoms with Gasteiger partial charge in [0.1, 0.15) is 11.6 Å². The zero-order valence-corrected chi connectivity index (χ0v) is 24.5. The third-order valence-corrected chi connectivity index (χ3v) is 6.66. The molecule has 0 atom stereocenters. The molecule has 0 radical (unpaired) electrons. The van der Waals surface area contributed by atoms with E-state index in [1.165, 1.54) is 6.08 Å². The molecule has 2 aromatic carbocycles. The first-order valence-corrected chi connectivity index (χ1v) is 13.7. The smallest absolute Gasteiger partial charge is 0.247 e. The Morgan fingerprint density at radius 3 is 2.46 bits per heavy atom. The summed E-state index contributed by atoms with van der Waals surface area (Å²) in [7, 11) is 1.63. The van der Waals surface area contributed by atoms with Gasteiger partial charge in [-0.3, -0.25) is 9.59 Å². The zero-order valence-electron chi connectivity index (χ0n) is 24.5. The van der Waals surface area contributed by atoms with Crippen molar-refractivity contribution in [3.8, 4) is 5.75 Å². The lowest BCUT2D eigenvalue weighted by atomic mass is 9.91. The standard InChI is InChI=1S/C31H39N7O3/c1-7-27(39)33-22-9-8-10-23(17-22)34-29-21(2)20-32-30(36-29)35-25-12-11-24(18-26(25)41-6)37-13-15-38(16-14-37)28(40)19-31(3,4)5/h7-12,17-18,20H,1,13-16,19H2,2-6H3,(H,33,39)(H2,32,34,35,36). The number of anilines is 6. The van der Waals surface area contributed by atoms with Gasteiger partial charge < -0.3 is 30.5 Å².